The average Bonchev–Trinajstić information content (AvgIpc) is 2.85. The van der Waals surface area contributed by atoms with Crippen molar-refractivity contribution in [2.75, 3.05) is 11.9 Å². The quantitative estimate of drug-likeness (QED) is 0.757. The summed E-state index contributed by atoms with van der Waals surface area (Å²) in [5.41, 5.74) is 4.94. The Bertz CT molecular complexity index is 501. The summed E-state index contributed by atoms with van der Waals surface area (Å²) < 4.78 is 1.81. The van der Waals surface area contributed by atoms with E-state index in [2.05, 4.69) is 33.8 Å². The molecule has 4 nitrogen and oxygen atoms in total. The molecule has 1 aromatic carbocycles. The van der Waals surface area contributed by atoms with Crippen LogP contribution in [0.2, 0.25) is 0 Å². The summed E-state index contributed by atoms with van der Waals surface area (Å²) in [6, 6.07) is 6.32. The maximum atomic E-state index is 3.96. The topological polar surface area (TPSA) is 42.7 Å². The van der Waals surface area contributed by atoms with Crippen molar-refractivity contribution >= 4 is 5.69 Å². The number of fused-ring (bicyclic) bond motifs is 1. The van der Waals surface area contributed by atoms with E-state index in [-0.39, 0.29) is 0 Å². The van der Waals surface area contributed by atoms with Gasteiger partial charge in [0.15, 0.2) is 0 Å². The van der Waals surface area contributed by atoms with E-state index in [1.807, 2.05) is 17.9 Å². The second-order valence-corrected chi connectivity index (χ2v) is 3.75. The third-order valence-electron chi connectivity index (χ3n) is 2.86. The van der Waals surface area contributed by atoms with Crippen molar-refractivity contribution < 1.29 is 0 Å². The van der Waals surface area contributed by atoms with E-state index < -0.39 is 0 Å². The minimum atomic E-state index is 1.03. The fourth-order valence-electron chi connectivity index (χ4n) is 2.12. The van der Waals surface area contributed by atoms with Crippen LogP contribution in [0, 0.1) is 0 Å². The van der Waals surface area contributed by atoms with Gasteiger partial charge in [0.25, 0.3) is 0 Å². The molecule has 76 valence electrons. The minimum absolute atomic E-state index is 1.03. The van der Waals surface area contributed by atoms with Crippen LogP contribution in [0.1, 0.15) is 5.56 Å². The van der Waals surface area contributed by atoms with Gasteiger partial charge in [0.2, 0.25) is 0 Å². The molecule has 0 bridgehead atoms. The SMILES string of the molecule is Cn1nncc1-c1cccc2c1CCN2. The summed E-state index contributed by atoms with van der Waals surface area (Å²) in [6.07, 6.45) is 2.89. The fraction of sp³-hybridized carbons (Fsp3) is 0.273. The summed E-state index contributed by atoms with van der Waals surface area (Å²) in [6.45, 7) is 1.03. The summed E-state index contributed by atoms with van der Waals surface area (Å²) in [5, 5.41) is 11.3. The van der Waals surface area contributed by atoms with Gasteiger partial charge in [-0.2, -0.15) is 0 Å². The van der Waals surface area contributed by atoms with Crippen LogP contribution in [0.25, 0.3) is 11.3 Å². The van der Waals surface area contributed by atoms with Crippen LogP contribution in [0.4, 0.5) is 5.69 Å². The number of hydrogen-bond donors (Lipinski definition) is 1. The minimum Gasteiger partial charge on any atom is -0.384 e. The molecule has 0 spiro atoms. The first-order valence-corrected chi connectivity index (χ1v) is 5.07. The van der Waals surface area contributed by atoms with Crippen LogP contribution in [-0.2, 0) is 13.5 Å². The molecule has 15 heavy (non-hydrogen) atoms. The predicted molar refractivity (Wildman–Crippen MR) is 58.6 cm³/mol. The Morgan fingerprint density at radius 2 is 2.33 bits per heavy atom. The van der Waals surface area contributed by atoms with Crippen molar-refractivity contribution in [3.63, 3.8) is 0 Å². The normalized spacial score (nSPS) is 13.7. The van der Waals surface area contributed by atoms with Crippen molar-refractivity contribution in [2.45, 2.75) is 6.42 Å². The number of rotatable bonds is 1. The van der Waals surface area contributed by atoms with Crippen molar-refractivity contribution in [1.29, 1.82) is 0 Å². The number of benzene rings is 1. The molecular formula is C11H12N4. The highest BCUT2D eigenvalue weighted by Crippen LogP contribution is 2.31. The van der Waals surface area contributed by atoms with Gasteiger partial charge in [0.05, 0.1) is 11.9 Å². The number of aryl methyl sites for hydroxylation is 1. The lowest BCUT2D eigenvalue weighted by Gasteiger charge is -2.06. The molecule has 0 saturated carbocycles. The van der Waals surface area contributed by atoms with Gasteiger partial charge in [0.1, 0.15) is 0 Å². The molecule has 2 heterocycles. The zero-order valence-corrected chi connectivity index (χ0v) is 8.57. The highest BCUT2D eigenvalue weighted by molar-refractivity contribution is 5.73. The van der Waals surface area contributed by atoms with Crippen LogP contribution in [-0.4, -0.2) is 21.5 Å². The molecule has 3 rings (SSSR count). The highest BCUT2D eigenvalue weighted by Gasteiger charge is 2.16. The number of nitrogens with one attached hydrogen (secondary N) is 1. The third-order valence-corrected chi connectivity index (χ3v) is 2.86. The standard InChI is InChI=1S/C11H12N4/c1-15-11(7-13-14-15)9-3-2-4-10-8(9)5-6-12-10/h2-4,7,12H,5-6H2,1H3. The van der Waals surface area contributed by atoms with Crippen LogP contribution >= 0.6 is 0 Å². The summed E-state index contributed by atoms with van der Waals surface area (Å²) >= 11 is 0. The van der Waals surface area contributed by atoms with E-state index in [0.717, 1.165) is 18.7 Å². The van der Waals surface area contributed by atoms with Crippen molar-refractivity contribution in [2.24, 2.45) is 7.05 Å². The van der Waals surface area contributed by atoms with Crippen molar-refractivity contribution in [3.05, 3.63) is 30.0 Å². The van der Waals surface area contributed by atoms with Gasteiger partial charge in [-0.1, -0.05) is 17.3 Å². The molecule has 1 aromatic heterocycles. The molecule has 1 N–H and O–H groups in total. The first kappa shape index (κ1) is 8.47. The molecule has 1 aliphatic rings. The van der Waals surface area contributed by atoms with E-state index in [1.165, 1.54) is 16.8 Å². The van der Waals surface area contributed by atoms with Crippen molar-refractivity contribution in [3.8, 4) is 11.3 Å². The molecule has 4 heteroatoms. The first-order valence-electron chi connectivity index (χ1n) is 5.07. The lowest BCUT2D eigenvalue weighted by atomic mass is 10.0. The number of aromatic nitrogens is 3. The van der Waals surface area contributed by atoms with Crippen LogP contribution in [0.5, 0.6) is 0 Å². The van der Waals surface area contributed by atoms with E-state index in [0.29, 0.717) is 0 Å². The average molecular weight is 200 g/mol. The molecule has 0 fully saturated rings. The van der Waals surface area contributed by atoms with Crippen LogP contribution in [0.3, 0.4) is 0 Å². The lowest BCUT2D eigenvalue weighted by molar-refractivity contribution is 0.720. The molecule has 2 aromatic rings. The van der Waals surface area contributed by atoms with E-state index >= 15 is 0 Å². The van der Waals surface area contributed by atoms with E-state index in [4.69, 9.17) is 0 Å². The summed E-state index contributed by atoms with van der Waals surface area (Å²) in [5.74, 6) is 0. The van der Waals surface area contributed by atoms with Gasteiger partial charge < -0.3 is 5.32 Å². The van der Waals surface area contributed by atoms with Crippen molar-refractivity contribution in [1.82, 2.24) is 15.0 Å². The largest absolute Gasteiger partial charge is 0.384 e. The second-order valence-electron chi connectivity index (χ2n) is 3.75. The lowest BCUT2D eigenvalue weighted by Crippen LogP contribution is -1.96. The van der Waals surface area contributed by atoms with Gasteiger partial charge in [-0.3, -0.25) is 0 Å². The predicted octanol–water partition coefficient (Wildman–Crippen LogP) is 1.45. The second kappa shape index (κ2) is 3.08. The number of anilines is 1. The number of nitrogens with zero attached hydrogens (tertiary/aromatic N) is 3. The molecule has 0 aliphatic carbocycles. The maximum Gasteiger partial charge on any atom is 0.0885 e. The Balaban J connectivity index is 2.21. The monoisotopic (exact) mass is 200 g/mol. The van der Waals surface area contributed by atoms with E-state index in [9.17, 15) is 0 Å². The fourth-order valence-corrected chi connectivity index (χ4v) is 2.12. The third kappa shape index (κ3) is 1.21. The Labute approximate surface area is 87.9 Å². The van der Waals surface area contributed by atoms with Gasteiger partial charge in [0, 0.05) is 24.8 Å². The Hall–Kier alpha value is -1.84. The number of hydrogen-bond acceptors (Lipinski definition) is 3. The molecule has 1 aliphatic heterocycles. The first-order chi connectivity index (χ1) is 7.36. The molecule has 0 unspecified atom stereocenters. The summed E-state index contributed by atoms with van der Waals surface area (Å²) in [4.78, 5) is 0. The zero-order valence-electron chi connectivity index (χ0n) is 8.57. The molecule has 0 amide bonds. The van der Waals surface area contributed by atoms with E-state index in [1.54, 1.807) is 0 Å². The highest BCUT2D eigenvalue weighted by atomic mass is 15.4. The van der Waals surface area contributed by atoms with Gasteiger partial charge in [-0.05, 0) is 18.1 Å². The van der Waals surface area contributed by atoms with Crippen LogP contribution < -0.4 is 5.32 Å². The molecule has 0 atom stereocenters. The van der Waals surface area contributed by atoms with Gasteiger partial charge in [-0.25, -0.2) is 4.68 Å². The molecule has 0 saturated heterocycles. The molecule has 0 radical (unpaired) electrons. The van der Waals surface area contributed by atoms with Gasteiger partial charge >= 0.3 is 0 Å². The Kier molecular flexibility index (Phi) is 1.74. The molecular weight excluding hydrogens is 188 g/mol. The van der Waals surface area contributed by atoms with Gasteiger partial charge in [-0.15, -0.1) is 5.10 Å². The smallest absolute Gasteiger partial charge is 0.0885 e. The zero-order chi connectivity index (χ0) is 10.3. The Morgan fingerprint density at radius 1 is 1.40 bits per heavy atom. The maximum absolute atomic E-state index is 3.96. The Morgan fingerprint density at radius 3 is 3.13 bits per heavy atom. The van der Waals surface area contributed by atoms with Crippen LogP contribution in [0.15, 0.2) is 24.4 Å². The summed E-state index contributed by atoms with van der Waals surface area (Å²) in [7, 11) is 1.92.